The van der Waals surface area contributed by atoms with Gasteiger partial charge in [-0.25, -0.2) is 0 Å². The predicted octanol–water partition coefficient (Wildman–Crippen LogP) is 6.31. The number of unbranched alkanes of at least 4 members (excludes halogenated alkanes) is 8. The summed E-state index contributed by atoms with van der Waals surface area (Å²) in [6, 6.07) is 0.481. The fraction of sp³-hybridized carbons (Fsp3) is 1.00. The van der Waals surface area contributed by atoms with Gasteiger partial charge in [-0.1, -0.05) is 78.1 Å². The molecule has 0 atom stereocenters. The minimum Gasteiger partial charge on any atom is -0.270 e. The largest absolute Gasteiger partial charge is 0.425 e. The fourth-order valence-corrected chi connectivity index (χ4v) is 3.88. The quantitative estimate of drug-likeness (QED) is 0.220. The van der Waals surface area contributed by atoms with Gasteiger partial charge in [0.05, 0.1) is 0 Å². The van der Waals surface area contributed by atoms with Gasteiger partial charge in [-0.15, -0.1) is 0 Å². The highest BCUT2D eigenvalue weighted by Crippen LogP contribution is 2.25. The standard InChI is InChI=1S/C14H30F2Si/c1-3-5-7-9-11-13-17(15,16)14-12-10-8-6-4-2/h3-14H2,1-2H3. The Morgan fingerprint density at radius 1 is 0.588 bits per heavy atom. The molecule has 0 aromatic carbocycles. The topological polar surface area (TPSA) is 0 Å². The maximum atomic E-state index is 13.6. The summed E-state index contributed by atoms with van der Waals surface area (Å²) in [5, 5.41) is 0. The van der Waals surface area contributed by atoms with Crippen LogP contribution in [0.25, 0.3) is 0 Å². The first-order chi connectivity index (χ1) is 8.12. The molecule has 0 aliphatic heterocycles. The van der Waals surface area contributed by atoms with Crippen LogP contribution in [0.15, 0.2) is 0 Å². The third-order valence-electron chi connectivity index (χ3n) is 3.29. The smallest absolute Gasteiger partial charge is 0.270 e. The summed E-state index contributed by atoms with van der Waals surface area (Å²) in [4.78, 5) is 0. The lowest BCUT2D eigenvalue weighted by Crippen LogP contribution is -2.21. The Labute approximate surface area is 108 Å². The number of hydrogen-bond acceptors (Lipinski definition) is 0. The number of rotatable bonds is 12. The van der Waals surface area contributed by atoms with E-state index >= 15 is 0 Å². The Hall–Kier alpha value is 0.0769. The molecule has 0 fully saturated rings. The van der Waals surface area contributed by atoms with Crippen molar-refractivity contribution in [3.05, 3.63) is 0 Å². The van der Waals surface area contributed by atoms with Crippen LogP contribution in [0.3, 0.4) is 0 Å². The molecule has 0 unspecified atom stereocenters. The summed E-state index contributed by atoms with van der Waals surface area (Å²) in [5.41, 5.74) is 0. The molecular formula is C14H30F2Si. The zero-order valence-electron chi connectivity index (χ0n) is 11.7. The van der Waals surface area contributed by atoms with Gasteiger partial charge >= 0.3 is 8.74 Å². The molecule has 0 aliphatic carbocycles. The minimum atomic E-state index is -3.82. The van der Waals surface area contributed by atoms with E-state index in [1.165, 1.54) is 25.7 Å². The second kappa shape index (κ2) is 11.2. The normalized spacial score (nSPS) is 12.0. The molecular weight excluding hydrogens is 234 g/mol. The van der Waals surface area contributed by atoms with Crippen molar-refractivity contribution >= 4 is 8.74 Å². The molecule has 0 saturated heterocycles. The van der Waals surface area contributed by atoms with Crippen LogP contribution in [-0.2, 0) is 0 Å². The van der Waals surface area contributed by atoms with Crippen molar-refractivity contribution in [2.45, 2.75) is 90.1 Å². The summed E-state index contributed by atoms with van der Waals surface area (Å²) < 4.78 is 27.2. The van der Waals surface area contributed by atoms with Crippen LogP contribution in [-0.4, -0.2) is 8.74 Å². The lowest BCUT2D eigenvalue weighted by atomic mass is 10.2. The summed E-state index contributed by atoms with van der Waals surface area (Å²) in [5.74, 6) is 0. The highest BCUT2D eigenvalue weighted by atomic mass is 28.4. The monoisotopic (exact) mass is 264 g/mol. The van der Waals surface area contributed by atoms with Crippen molar-refractivity contribution in [1.82, 2.24) is 0 Å². The van der Waals surface area contributed by atoms with Crippen molar-refractivity contribution in [2.75, 3.05) is 0 Å². The Bertz CT molecular complexity index is 144. The lowest BCUT2D eigenvalue weighted by Gasteiger charge is -2.12. The van der Waals surface area contributed by atoms with E-state index in [1.807, 2.05) is 0 Å². The maximum Gasteiger partial charge on any atom is 0.425 e. The van der Waals surface area contributed by atoms with E-state index < -0.39 is 8.74 Å². The Morgan fingerprint density at radius 3 is 1.29 bits per heavy atom. The van der Waals surface area contributed by atoms with Crippen molar-refractivity contribution in [2.24, 2.45) is 0 Å². The maximum absolute atomic E-state index is 13.6. The van der Waals surface area contributed by atoms with E-state index in [-0.39, 0.29) is 12.1 Å². The number of halogens is 2. The molecule has 0 N–H and O–H groups in total. The molecule has 17 heavy (non-hydrogen) atoms. The molecule has 0 bridgehead atoms. The summed E-state index contributed by atoms with van der Waals surface area (Å²) in [6.07, 6.45) is 10.6. The van der Waals surface area contributed by atoms with E-state index in [0.717, 1.165) is 38.5 Å². The molecule has 3 heteroatoms. The van der Waals surface area contributed by atoms with Crippen LogP contribution in [0.1, 0.15) is 78.1 Å². The van der Waals surface area contributed by atoms with E-state index in [4.69, 9.17) is 0 Å². The van der Waals surface area contributed by atoms with Crippen molar-refractivity contribution < 1.29 is 8.22 Å². The molecule has 104 valence electrons. The Morgan fingerprint density at radius 2 is 0.941 bits per heavy atom. The van der Waals surface area contributed by atoms with Crippen LogP contribution in [0.5, 0.6) is 0 Å². The number of hydrogen-bond donors (Lipinski definition) is 0. The molecule has 0 aliphatic rings. The van der Waals surface area contributed by atoms with Crippen molar-refractivity contribution in [3.8, 4) is 0 Å². The van der Waals surface area contributed by atoms with E-state index in [0.29, 0.717) is 0 Å². The average Bonchev–Trinajstić information content (AvgIpc) is 2.28. The van der Waals surface area contributed by atoms with E-state index in [9.17, 15) is 8.22 Å². The SMILES string of the molecule is CCCCCCC[Si](F)(F)CCCCCCC. The van der Waals surface area contributed by atoms with Gasteiger partial charge < -0.3 is 0 Å². The molecule has 0 aromatic heterocycles. The van der Waals surface area contributed by atoms with Crippen LogP contribution < -0.4 is 0 Å². The highest BCUT2D eigenvalue weighted by Gasteiger charge is 2.33. The van der Waals surface area contributed by atoms with Crippen molar-refractivity contribution in [1.29, 1.82) is 0 Å². The molecule has 0 aromatic rings. The van der Waals surface area contributed by atoms with Crippen LogP contribution >= 0.6 is 0 Å². The predicted molar refractivity (Wildman–Crippen MR) is 75.1 cm³/mol. The van der Waals surface area contributed by atoms with E-state index in [1.54, 1.807) is 0 Å². The van der Waals surface area contributed by atoms with Gasteiger partial charge in [-0.2, -0.15) is 0 Å². The van der Waals surface area contributed by atoms with Gasteiger partial charge in [0.15, 0.2) is 0 Å². The summed E-state index contributed by atoms with van der Waals surface area (Å²) >= 11 is 0. The zero-order chi connectivity index (χ0) is 13.0. The lowest BCUT2D eigenvalue weighted by molar-refractivity contribution is 0.545. The second-order valence-corrected chi connectivity index (χ2v) is 7.90. The molecule has 0 heterocycles. The first-order valence-electron chi connectivity index (χ1n) is 7.50. The van der Waals surface area contributed by atoms with Gasteiger partial charge in [0, 0.05) is 0 Å². The average molecular weight is 264 g/mol. The summed E-state index contributed by atoms with van der Waals surface area (Å²) in [7, 11) is -3.82. The van der Waals surface area contributed by atoms with Crippen molar-refractivity contribution in [3.63, 3.8) is 0 Å². The molecule has 0 spiro atoms. The van der Waals surface area contributed by atoms with Gasteiger partial charge in [0.2, 0.25) is 0 Å². The van der Waals surface area contributed by atoms with Gasteiger partial charge in [0.1, 0.15) is 0 Å². The molecule has 0 saturated carbocycles. The molecule has 0 rings (SSSR count). The fourth-order valence-electron chi connectivity index (χ4n) is 2.10. The first-order valence-corrected chi connectivity index (χ1v) is 9.67. The van der Waals surface area contributed by atoms with Gasteiger partial charge in [-0.3, -0.25) is 8.22 Å². The summed E-state index contributed by atoms with van der Waals surface area (Å²) in [6.45, 7) is 4.30. The molecule has 0 radical (unpaired) electrons. The van der Waals surface area contributed by atoms with Gasteiger partial charge in [0.25, 0.3) is 0 Å². The Kier molecular flexibility index (Phi) is 11.2. The van der Waals surface area contributed by atoms with E-state index in [2.05, 4.69) is 13.8 Å². The highest BCUT2D eigenvalue weighted by molar-refractivity contribution is 6.66. The van der Waals surface area contributed by atoms with Gasteiger partial charge in [-0.05, 0) is 12.1 Å². The third kappa shape index (κ3) is 12.3. The van der Waals surface area contributed by atoms with Crippen LogP contribution in [0, 0.1) is 0 Å². The Balaban J connectivity index is 3.38. The molecule has 0 amide bonds. The first kappa shape index (κ1) is 17.1. The van der Waals surface area contributed by atoms with Crippen LogP contribution in [0.2, 0.25) is 12.1 Å². The zero-order valence-corrected chi connectivity index (χ0v) is 12.7. The minimum absolute atomic E-state index is 0.241. The third-order valence-corrected chi connectivity index (χ3v) is 5.46. The van der Waals surface area contributed by atoms with Crippen LogP contribution in [0.4, 0.5) is 8.22 Å². The second-order valence-electron chi connectivity index (χ2n) is 5.18. The molecule has 0 nitrogen and oxygen atoms in total.